The number of benzene rings is 2. The minimum atomic E-state index is 0.507. The van der Waals surface area contributed by atoms with Gasteiger partial charge in [-0.05, 0) is 12.1 Å². The van der Waals surface area contributed by atoms with Crippen LogP contribution < -0.4 is 10.1 Å². The Kier molecular flexibility index (Phi) is 3.87. The fraction of sp³-hybridized carbons (Fsp3) is 0.118. The number of nitrogens with one attached hydrogen (secondary N) is 2. The van der Waals surface area contributed by atoms with Crippen LogP contribution in [0.25, 0.3) is 10.9 Å². The summed E-state index contributed by atoms with van der Waals surface area (Å²) in [6.07, 6.45) is 3.57. The molecule has 0 unspecified atom stereocenters. The number of nitrogens with zero attached hydrogens (tertiary/aromatic N) is 1. The van der Waals surface area contributed by atoms with Crippen molar-refractivity contribution in [1.82, 2.24) is 10.2 Å². The predicted molar refractivity (Wildman–Crippen MR) is 85.6 cm³/mol. The average molecular weight is 279 g/mol. The van der Waals surface area contributed by atoms with Crippen molar-refractivity contribution in [1.29, 1.82) is 0 Å². The van der Waals surface area contributed by atoms with Gasteiger partial charge in [-0.2, -0.15) is 5.10 Å². The fourth-order valence-corrected chi connectivity index (χ4v) is 2.25. The Morgan fingerprint density at radius 1 is 1.19 bits per heavy atom. The molecular formula is C17H17N3O. The molecule has 0 radical (unpaired) electrons. The van der Waals surface area contributed by atoms with Gasteiger partial charge in [0.25, 0.3) is 0 Å². The van der Waals surface area contributed by atoms with Gasteiger partial charge >= 0.3 is 0 Å². The van der Waals surface area contributed by atoms with Gasteiger partial charge in [0.15, 0.2) is 0 Å². The van der Waals surface area contributed by atoms with E-state index < -0.39 is 0 Å². The molecule has 0 aliphatic carbocycles. The second kappa shape index (κ2) is 6.13. The maximum Gasteiger partial charge on any atom is 0.124 e. The van der Waals surface area contributed by atoms with Crippen LogP contribution in [0.5, 0.6) is 5.75 Å². The Hall–Kier alpha value is -2.75. The standard InChI is InChI=1S/C17H17N3O/c1-2-10-21-16-9-4-3-6-13(16)11-18-15-8-5-7-14-12-19-20-17(14)15/h2-9,12,18H,1,10-11H2,(H,19,20). The number of hydrogen-bond donors (Lipinski definition) is 2. The second-order valence-electron chi connectivity index (χ2n) is 4.70. The maximum absolute atomic E-state index is 5.67. The molecule has 1 aromatic heterocycles. The zero-order valence-electron chi connectivity index (χ0n) is 11.7. The Morgan fingerprint density at radius 3 is 3.00 bits per heavy atom. The molecule has 3 rings (SSSR count). The van der Waals surface area contributed by atoms with E-state index in [-0.39, 0.29) is 0 Å². The highest BCUT2D eigenvalue weighted by molar-refractivity contribution is 5.89. The van der Waals surface area contributed by atoms with Crippen molar-refractivity contribution in [3.05, 3.63) is 66.9 Å². The minimum absolute atomic E-state index is 0.507. The van der Waals surface area contributed by atoms with E-state index in [1.54, 1.807) is 6.08 Å². The number of aromatic amines is 1. The number of aromatic nitrogens is 2. The fourth-order valence-electron chi connectivity index (χ4n) is 2.25. The van der Waals surface area contributed by atoms with Crippen molar-refractivity contribution in [2.75, 3.05) is 11.9 Å². The maximum atomic E-state index is 5.67. The summed E-state index contributed by atoms with van der Waals surface area (Å²) in [6.45, 7) is 4.87. The Labute approximate surface area is 123 Å². The molecule has 0 saturated carbocycles. The van der Waals surface area contributed by atoms with Crippen molar-refractivity contribution in [2.45, 2.75) is 6.54 Å². The van der Waals surface area contributed by atoms with Gasteiger partial charge in [0, 0.05) is 17.5 Å². The van der Waals surface area contributed by atoms with Crippen molar-refractivity contribution < 1.29 is 4.74 Å². The quantitative estimate of drug-likeness (QED) is 0.676. The molecule has 0 spiro atoms. The third kappa shape index (κ3) is 2.89. The molecule has 0 amide bonds. The predicted octanol–water partition coefficient (Wildman–Crippen LogP) is 3.74. The monoisotopic (exact) mass is 279 g/mol. The molecule has 1 heterocycles. The molecule has 106 valence electrons. The van der Waals surface area contributed by atoms with Gasteiger partial charge in [0.1, 0.15) is 12.4 Å². The lowest BCUT2D eigenvalue weighted by Gasteiger charge is -2.12. The molecule has 0 bridgehead atoms. The second-order valence-corrected chi connectivity index (χ2v) is 4.70. The van der Waals surface area contributed by atoms with E-state index in [2.05, 4.69) is 28.2 Å². The molecule has 21 heavy (non-hydrogen) atoms. The van der Waals surface area contributed by atoms with Crippen LogP contribution in [-0.2, 0) is 6.54 Å². The van der Waals surface area contributed by atoms with E-state index in [9.17, 15) is 0 Å². The summed E-state index contributed by atoms with van der Waals surface area (Å²) >= 11 is 0. The van der Waals surface area contributed by atoms with Crippen molar-refractivity contribution in [2.24, 2.45) is 0 Å². The van der Waals surface area contributed by atoms with Crippen LogP contribution in [0.2, 0.25) is 0 Å². The van der Waals surface area contributed by atoms with Crippen LogP contribution in [0.1, 0.15) is 5.56 Å². The van der Waals surface area contributed by atoms with E-state index in [0.717, 1.165) is 27.9 Å². The highest BCUT2D eigenvalue weighted by Crippen LogP contribution is 2.23. The number of fused-ring (bicyclic) bond motifs is 1. The Bertz CT molecular complexity index is 748. The highest BCUT2D eigenvalue weighted by Gasteiger charge is 2.05. The first-order valence-corrected chi connectivity index (χ1v) is 6.86. The molecule has 0 aliphatic rings. The van der Waals surface area contributed by atoms with Gasteiger partial charge in [-0.1, -0.05) is 43.0 Å². The largest absolute Gasteiger partial charge is 0.489 e. The van der Waals surface area contributed by atoms with Gasteiger partial charge in [0.05, 0.1) is 17.4 Å². The van der Waals surface area contributed by atoms with E-state index in [1.807, 2.05) is 42.6 Å². The summed E-state index contributed by atoms with van der Waals surface area (Å²) in [5.41, 5.74) is 3.15. The molecular weight excluding hydrogens is 262 g/mol. The van der Waals surface area contributed by atoms with Gasteiger partial charge in [0.2, 0.25) is 0 Å². The number of anilines is 1. The summed E-state index contributed by atoms with van der Waals surface area (Å²) in [5.74, 6) is 0.877. The smallest absolute Gasteiger partial charge is 0.124 e. The lowest BCUT2D eigenvalue weighted by atomic mass is 10.2. The summed E-state index contributed by atoms with van der Waals surface area (Å²) in [5, 5.41) is 11.6. The van der Waals surface area contributed by atoms with Gasteiger partial charge in [-0.3, -0.25) is 5.10 Å². The van der Waals surface area contributed by atoms with Crippen molar-refractivity contribution in [3.8, 4) is 5.75 Å². The molecule has 2 N–H and O–H groups in total. The van der Waals surface area contributed by atoms with Crippen LogP contribution in [0.4, 0.5) is 5.69 Å². The van der Waals surface area contributed by atoms with Crippen LogP contribution in [0.15, 0.2) is 61.3 Å². The number of hydrogen-bond acceptors (Lipinski definition) is 3. The molecule has 0 aliphatic heterocycles. The van der Waals surface area contributed by atoms with Crippen LogP contribution >= 0.6 is 0 Å². The molecule has 0 saturated heterocycles. The van der Waals surface area contributed by atoms with E-state index >= 15 is 0 Å². The molecule has 3 aromatic rings. The molecule has 0 fully saturated rings. The van der Waals surface area contributed by atoms with Gasteiger partial charge < -0.3 is 10.1 Å². The van der Waals surface area contributed by atoms with E-state index in [0.29, 0.717) is 13.2 Å². The summed E-state index contributed by atoms with van der Waals surface area (Å²) in [6, 6.07) is 14.1. The molecule has 0 atom stereocenters. The third-order valence-electron chi connectivity index (χ3n) is 3.28. The summed E-state index contributed by atoms with van der Waals surface area (Å²) in [7, 11) is 0. The first-order chi connectivity index (χ1) is 10.4. The lowest BCUT2D eigenvalue weighted by molar-refractivity contribution is 0.359. The van der Waals surface area contributed by atoms with E-state index in [1.165, 1.54) is 0 Å². The number of rotatable bonds is 6. The SMILES string of the molecule is C=CCOc1ccccc1CNc1cccc2cn[nH]c12. The van der Waals surface area contributed by atoms with Crippen molar-refractivity contribution >= 4 is 16.6 Å². The number of H-pyrrole nitrogens is 1. The number of para-hydroxylation sites is 2. The number of ether oxygens (including phenoxy) is 1. The Balaban J connectivity index is 1.78. The molecule has 2 aromatic carbocycles. The van der Waals surface area contributed by atoms with Gasteiger partial charge in [-0.25, -0.2) is 0 Å². The normalized spacial score (nSPS) is 10.5. The first-order valence-electron chi connectivity index (χ1n) is 6.86. The van der Waals surface area contributed by atoms with Crippen LogP contribution in [0.3, 0.4) is 0 Å². The topological polar surface area (TPSA) is 49.9 Å². The van der Waals surface area contributed by atoms with Crippen LogP contribution in [-0.4, -0.2) is 16.8 Å². The van der Waals surface area contributed by atoms with Crippen molar-refractivity contribution in [3.63, 3.8) is 0 Å². The zero-order chi connectivity index (χ0) is 14.5. The Morgan fingerprint density at radius 2 is 2.10 bits per heavy atom. The van der Waals surface area contributed by atoms with Gasteiger partial charge in [-0.15, -0.1) is 0 Å². The molecule has 4 nitrogen and oxygen atoms in total. The van der Waals surface area contributed by atoms with E-state index in [4.69, 9.17) is 4.74 Å². The summed E-state index contributed by atoms with van der Waals surface area (Å²) in [4.78, 5) is 0. The molecule has 4 heteroatoms. The van der Waals surface area contributed by atoms with Crippen LogP contribution in [0, 0.1) is 0 Å². The summed E-state index contributed by atoms with van der Waals surface area (Å²) < 4.78 is 5.67. The zero-order valence-corrected chi connectivity index (χ0v) is 11.7. The first kappa shape index (κ1) is 13.2. The highest BCUT2D eigenvalue weighted by atomic mass is 16.5. The average Bonchev–Trinajstić information content (AvgIpc) is 3.01. The minimum Gasteiger partial charge on any atom is -0.489 e. The third-order valence-corrected chi connectivity index (χ3v) is 3.28. The lowest BCUT2D eigenvalue weighted by Crippen LogP contribution is -2.03.